The fourth-order valence-corrected chi connectivity index (χ4v) is 4.10. The summed E-state index contributed by atoms with van der Waals surface area (Å²) in [5.41, 5.74) is 2.24. The Balaban J connectivity index is 1.73. The SMILES string of the molecule is O=C1C(=O)N(c2nc3ccccc3[nH]2)C(c2ccc(O)cc2)/C1=C(\O)c1ccc(Br)cc1. The van der Waals surface area contributed by atoms with Gasteiger partial charge in [0.05, 0.1) is 22.6 Å². The van der Waals surface area contributed by atoms with E-state index in [1.54, 1.807) is 42.5 Å². The van der Waals surface area contributed by atoms with Crippen molar-refractivity contribution in [2.45, 2.75) is 6.04 Å². The Labute approximate surface area is 190 Å². The Morgan fingerprint density at radius 3 is 2.34 bits per heavy atom. The van der Waals surface area contributed by atoms with Gasteiger partial charge in [-0.2, -0.15) is 0 Å². The number of aromatic amines is 1. The van der Waals surface area contributed by atoms with Gasteiger partial charge in [0, 0.05) is 10.0 Å². The molecule has 0 bridgehead atoms. The quantitative estimate of drug-likeness (QED) is 0.220. The number of fused-ring (bicyclic) bond motifs is 1. The van der Waals surface area contributed by atoms with Crippen LogP contribution < -0.4 is 4.90 Å². The third kappa shape index (κ3) is 3.25. The van der Waals surface area contributed by atoms with Gasteiger partial charge in [-0.1, -0.05) is 52.3 Å². The summed E-state index contributed by atoms with van der Waals surface area (Å²) in [5.74, 6) is -1.67. The average Bonchev–Trinajstić information content (AvgIpc) is 3.33. The number of hydrogen-bond acceptors (Lipinski definition) is 5. The van der Waals surface area contributed by atoms with E-state index in [2.05, 4.69) is 25.9 Å². The van der Waals surface area contributed by atoms with Gasteiger partial charge in [0.1, 0.15) is 11.5 Å². The zero-order valence-electron chi connectivity index (χ0n) is 16.5. The van der Waals surface area contributed by atoms with Gasteiger partial charge in [0.15, 0.2) is 0 Å². The number of imidazole rings is 1. The molecular weight excluding hydrogens is 474 g/mol. The van der Waals surface area contributed by atoms with Crippen molar-refractivity contribution in [2.24, 2.45) is 0 Å². The molecule has 0 aliphatic carbocycles. The number of aliphatic hydroxyl groups is 1. The lowest BCUT2D eigenvalue weighted by Gasteiger charge is -2.23. The minimum absolute atomic E-state index is 0.0438. The molecule has 1 aromatic heterocycles. The molecule has 1 atom stereocenters. The van der Waals surface area contributed by atoms with Crippen LogP contribution in [-0.2, 0) is 9.59 Å². The van der Waals surface area contributed by atoms with Crippen LogP contribution in [0.15, 0.2) is 82.8 Å². The van der Waals surface area contributed by atoms with Crippen LogP contribution in [0, 0.1) is 0 Å². The fourth-order valence-electron chi connectivity index (χ4n) is 3.84. The molecule has 0 radical (unpaired) electrons. The second kappa shape index (κ2) is 7.65. The number of ketones is 1. The van der Waals surface area contributed by atoms with Crippen molar-refractivity contribution >= 4 is 50.4 Å². The first-order valence-corrected chi connectivity index (χ1v) is 10.5. The molecule has 0 spiro atoms. The Morgan fingerprint density at radius 2 is 1.66 bits per heavy atom. The maximum atomic E-state index is 13.1. The van der Waals surface area contributed by atoms with Crippen LogP contribution in [-0.4, -0.2) is 31.9 Å². The van der Waals surface area contributed by atoms with Gasteiger partial charge >= 0.3 is 5.91 Å². The predicted octanol–water partition coefficient (Wildman–Crippen LogP) is 4.66. The summed E-state index contributed by atoms with van der Waals surface area (Å²) >= 11 is 3.35. The first-order valence-electron chi connectivity index (χ1n) is 9.74. The van der Waals surface area contributed by atoms with E-state index in [1.807, 2.05) is 18.2 Å². The topological polar surface area (TPSA) is 107 Å². The van der Waals surface area contributed by atoms with E-state index < -0.39 is 17.7 Å². The van der Waals surface area contributed by atoms with E-state index in [4.69, 9.17) is 0 Å². The second-order valence-electron chi connectivity index (χ2n) is 7.35. The molecule has 3 aromatic carbocycles. The van der Waals surface area contributed by atoms with Gasteiger partial charge in [-0.05, 0) is 42.0 Å². The number of nitrogens with one attached hydrogen (secondary N) is 1. The fraction of sp³-hybridized carbons (Fsp3) is 0.0417. The van der Waals surface area contributed by atoms with E-state index in [9.17, 15) is 19.8 Å². The van der Waals surface area contributed by atoms with Crippen LogP contribution >= 0.6 is 15.9 Å². The molecule has 5 rings (SSSR count). The lowest BCUT2D eigenvalue weighted by atomic mass is 9.95. The number of hydrogen-bond donors (Lipinski definition) is 3. The van der Waals surface area contributed by atoms with Crippen molar-refractivity contribution < 1.29 is 19.8 Å². The van der Waals surface area contributed by atoms with E-state index in [0.717, 1.165) is 4.47 Å². The van der Waals surface area contributed by atoms with E-state index >= 15 is 0 Å². The lowest BCUT2D eigenvalue weighted by Crippen LogP contribution is -2.30. The van der Waals surface area contributed by atoms with Crippen LogP contribution in [0.3, 0.4) is 0 Å². The molecule has 2 heterocycles. The summed E-state index contributed by atoms with van der Waals surface area (Å²) in [6, 6.07) is 19.3. The number of amides is 1. The molecule has 1 saturated heterocycles. The zero-order valence-corrected chi connectivity index (χ0v) is 18.1. The number of aromatic nitrogens is 2. The summed E-state index contributed by atoms with van der Waals surface area (Å²) in [6.45, 7) is 0. The number of phenols is 1. The monoisotopic (exact) mass is 489 g/mol. The molecule has 4 aromatic rings. The molecule has 0 saturated carbocycles. The maximum Gasteiger partial charge on any atom is 0.302 e. The van der Waals surface area contributed by atoms with E-state index in [0.29, 0.717) is 22.2 Å². The summed E-state index contributed by atoms with van der Waals surface area (Å²) in [7, 11) is 0. The summed E-state index contributed by atoms with van der Waals surface area (Å²) in [5, 5.41) is 20.8. The highest BCUT2D eigenvalue weighted by atomic mass is 79.9. The minimum Gasteiger partial charge on any atom is -0.508 e. The average molecular weight is 490 g/mol. The number of phenolic OH excluding ortho intramolecular Hbond substituents is 1. The van der Waals surface area contributed by atoms with Gasteiger partial charge < -0.3 is 15.2 Å². The number of para-hydroxylation sites is 2. The number of carbonyl (C=O) groups is 2. The molecule has 32 heavy (non-hydrogen) atoms. The number of benzene rings is 3. The molecule has 3 N–H and O–H groups in total. The smallest absolute Gasteiger partial charge is 0.302 e. The van der Waals surface area contributed by atoms with Crippen molar-refractivity contribution in [3.8, 4) is 5.75 Å². The minimum atomic E-state index is -0.931. The largest absolute Gasteiger partial charge is 0.508 e. The Hall–Kier alpha value is -3.91. The number of halogens is 1. The van der Waals surface area contributed by atoms with Gasteiger partial charge in [0.25, 0.3) is 5.78 Å². The number of carbonyl (C=O) groups excluding carboxylic acids is 2. The number of nitrogens with zero attached hydrogens (tertiary/aromatic N) is 2. The summed E-state index contributed by atoms with van der Waals surface area (Å²) < 4.78 is 0.812. The molecule has 1 unspecified atom stereocenters. The van der Waals surface area contributed by atoms with Crippen molar-refractivity contribution in [3.05, 3.63) is 94.0 Å². The van der Waals surface area contributed by atoms with E-state index in [-0.39, 0.29) is 23.0 Å². The molecule has 7 nitrogen and oxygen atoms in total. The standard InChI is InChI=1S/C24H16BrN3O4/c25-15-9-5-14(6-10-15)21(30)19-20(13-7-11-16(29)12-8-13)28(23(32)22(19)31)24-26-17-3-1-2-4-18(17)27-24/h1-12,20,29-30H,(H,26,27)/b21-19+. The zero-order chi connectivity index (χ0) is 22.4. The Bertz CT molecular complexity index is 1360. The van der Waals surface area contributed by atoms with Crippen molar-refractivity contribution in [1.82, 2.24) is 9.97 Å². The van der Waals surface area contributed by atoms with Crippen LogP contribution in [0.5, 0.6) is 5.75 Å². The maximum absolute atomic E-state index is 13.1. The highest BCUT2D eigenvalue weighted by Crippen LogP contribution is 2.42. The molecular formula is C24H16BrN3O4. The first-order chi connectivity index (χ1) is 15.4. The number of Topliss-reactive ketones (excluding diaryl/α,β-unsaturated/α-hetero) is 1. The number of anilines is 1. The van der Waals surface area contributed by atoms with Crippen molar-refractivity contribution in [3.63, 3.8) is 0 Å². The normalized spacial score (nSPS) is 17.9. The first kappa shape index (κ1) is 20.0. The van der Waals surface area contributed by atoms with E-state index in [1.165, 1.54) is 17.0 Å². The predicted molar refractivity (Wildman–Crippen MR) is 123 cm³/mol. The number of aliphatic hydroxyl groups excluding tert-OH is 1. The summed E-state index contributed by atoms with van der Waals surface area (Å²) in [4.78, 5) is 35.1. The van der Waals surface area contributed by atoms with Crippen molar-refractivity contribution in [1.29, 1.82) is 0 Å². The molecule has 1 fully saturated rings. The molecule has 1 aliphatic rings. The third-order valence-corrected chi connectivity index (χ3v) is 5.90. The Kier molecular flexibility index (Phi) is 4.79. The number of aromatic hydroxyl groups is 1. The molecule has 8 heteroatoms. The van der Waals surface area contributed by atoms with Gasteiger partial charge in [0.2, 0.25) is 5.95 Å². The lowest BCUT2D eigenvalue weighted by molar-refractivity contribution is -0.132. The molecule has 1 aliphatic heterocycles. The second-order valence-corrected chi connectivity index (χ2v) is 8.26. The third-order valence-electron chi connectivity index (χ3n) is 5.38. The van der Waals surface area contributed by atoms with Gasteiger partial charge in [-0.3, -0.25) is 14.5 Å². The van der Waals surface area contributed by atoms with Crippen molar-refractivity contribution in [2.75, 3.05) is 4.90 Å². The summed E-state index contributed by atoms with van der Waals surface area (Å²) in [6.07, 6.45) is 0. The molecule has 158 valence electrons. The Morgan fingerprint density at radius 1 is 0.969 bits per heavy atom. The van der Waals surface area contributed by atoms with Crippen LogP contribution in [0.2, 0.25) is 0 Å². The van der Waals surface area contributed by atoms with Gasteiger partial charge in [-0.25, -0.2) is 4.98 Å². The number of rotatable bonds is 3. The van der Waals surface area contributed by atoms with Gasteiger partial charge in [-0.15, -0.1) is 0 Å². The molecule has 1 amide bonds. The van der Waals surface area contributed by atoms with Crippen LogP contribution in [0.1, 0.15) is 17.2 Å². The van der Waals surface area contributed by atoms with Crippen LogP contribution in [0.4, 0.5) is 5.95 Å². The highest BCUT2D eigenvalue weighted by Gasteiger charge is 2.48. The number of H-pyrrole nitrogens is 1. The van der Waals surface area contributed by atoms with Crippen LogP contribution in [0.25, 0.3) is 16.8 Å². The highest BCUT2D eigenvalue weighted by molar-refractivity contribution is 9.10.